The maximum atomic E-state index is 11.5. The average molecular weight is 338 g/mol. The number of aromatic nitrogens is 3. The second-order valence-electron chi connectivity index (χ2n) is 5.47. The van der Waals surface area contributed by atoms with Crippen molar-refractivity contribution in [1.82, 2.24) is 15.4 Å². The van der Waals surface area contributed by atoms with E-state index in [9.17, 15) is 4.79 Å². The Hall–Kier alpha value is -3.35. The fourth-order valence-electron chi connectivity index (χ4n) is 2.52. The van der Waals surface area contributed by atoms with Crippen LogP contribution < -0.4 is 15.2 Å². The summed E-state index contributed by atoms with van der Waals surface area (Å²) in [6.45, 7) is 2.29. The van der Waals surface area contributed by atoms with Gasteiger partial charge in [-0.1, -0.05) is 18.2 Å². The minimum atomic E-state index is -0.641. The van der Waals surface area contributed by atoms with E-state index in [1.807, 2.05) is 37.3 Å². The van der Waals surface area contributed by atoms with Crippen molar-refractivity contribution in [1.29, 1.82) is 0 Å². The number of rotatable bonds is 6. The number of amides is 1. The minimum Gasteiger partial charge on any atom is -0.496 e. The maximum absolute atomic E-state index is 11.5. The Bertz CT molecular complexity index is 905. The first-order chi connectivity index (χ1) is 12.1. The molecule has 3 N–H and O–H groups in total. The average Bonchev–Trinajstić information content (AvgIpc) is 3.11. The molecule has 7 nitrogen and oxygen atoms in total. The molecule has 0 saturated carbocycles. The number of methoxy groups -OCH3 is 1. The third-order valence-corrected chi connectivity index (χ3v) is 3.81. The molecule has 25 heavy (non-hydrogen) atoms. The molecule has 1 aromatic heterocycles. The summed E-state index contributed by atoms with van der Waals surface area (Å²) in [6.07, 6.45) is 0. The van der Waals surface area contributed by atoms with Crippen LogP contribution in [0.15, 0.2) is 42.5 Å². The lowest BCUT2D eigenvalue weighted by Crippen LogP contribution is -2.12. The lowest BCUT2D eigenvalue weighted by molar-refractivity contribution is 0.0996. The van der Waals surface area contributed by atoms with Gasteiger partial charge in [0.2, 0.25) is 0 Å². The monoisotopic (exact) mass is 338 g/mol. The highest BCUT2D eigenvalue weighted by molar-refractivity contribution is 5.96. The third-order valence-electron chi connectivity index (χ3n) is 3.81. The number of aryl methyl sites for hydroxylation is 1. The lowest BCUT2D eigenvalue weighted by atomic mass is 10.1. The Morgan fingerprint density at radius 3 is 2.68 bits per heavy atom. The van der Waals surface area contributed by atoms with Crippen LogP contribution in [0.4, 0.5) is 0 Å². The molecule has 0 atom stereocenters. The van der Waals surface area contributed by atoms with Crippen LogP contribution in [0.5, 0.6) is 11.5 Å². The van der Waals surface area contributed by atoms with E-state index in [0.29, 0.717) is 23.6 Å². The topological polar surface area (TPSA) is 103 Å². The van der Waals surface area contributed by atoms with Gasteiger partial charge in [0.05, 0.1) is 7.11 Å². The molecular formula is C18H18N4O3. The van der Waals surface area contributed by atoms with Crippen LogP contribution in [0.2, 0.25) is 0 Å². The Kier molecular flexibility index (Phi) is 4.65. The van der Waals surface area contributed by atoms with E-state index in [0.717, 1.165) is 16.9 Å². The van der Waals surface area contributed by atoms with Crippen molar-refractivity contribution in [3.05, 3.63) is 59.3 Å². The number of benzene rings is 2. The van der Waals surface area contributed by atoms with Gasteiger partial charge >= 0.3 is 0 Å². The van der Waals surface area contributed by atoms with Gasteiger partial charge in [-0.15, -0.1) is 0 Å². The molecule has 0 bridgehead atoms. The van der Waals surface area contributed by atoms with Crippen molar-refractivity contribution in [2.45, 2.75) is 13.5 Å². The van der Waals surface area contributed by atoms with Gasteiger partial charge in [0.1, 0.15) is 23.8 Å². The SMILES string of the molecule is COc1ccc(-c2n[nH]nc2C(N)=O)cc1COc1ccccc1C. The van der Waals surface area contributed by atoms with Gasteiger partial charge in [-0.3, -0.25) is 4.79 Å². The zero-order valence-corrected chi connectivity index (χ0v) is 13.9. The van der Waals surface area contributed by atoms with Crippen molar-refractivity contribution in [3.63, 3.8) is 0 Å². The molecule has 0 unspecified atom stereocenters. The fraction of sp³-hybridized carbons (Fsp3) is 0.167. The fourth-order valence-corrected chi connectivity index (χ4v) is 2.52. The number of carbonyl (C=O) groups is 1. The largest absolute Gasteiger partial charge is 0.496 e. The van der Waals surface area contributed by atoms with Crippen molar-refractivity contribution in [2.75, 3.05) is 7.11 Å². The molecule has 2 aromatic carbocycles. The molecule has 0 spiro atoms. The number of ether oxygens (including phenoxy) is 2. The van der Waals surface area contributed by atoms with Crippen LogP contribution in [0.1, 0.15) is 21.6 Å². The molecule has 0 aliphatic carbocycles. The number of carbonyl (C=O) groups excluding carboxylic acids is 1. The first kappa shape index (κ1) is 16.5. The van der Waals surface area contributed by atoms with Gasteiger partial charge in [0, 0.05) is 11.1 Å². The number of aromatic amines is 1. The molecule has 7 heteroatoms. The van der Waals surface area contributed by atoms with Gasteiger partial charge in [0.15, 0.2) is 5.69 Å². The quantitative estimate of drug-likeness (QED) is 0.718. The van der Waals surface area contributed by atoms with Crippen molar-refractivity contribution in [2.24, 2.45) is 5.73 Å². The van der Waals surface area contributed by atoms with Crippen LogP contribution >= 0.6 is 0 Å². The highest BCUT2D eigenvalue weighted by atomic mass is 16.5. The van der Waals surface area contributed by atoms with Crippen molar-refractivity contribution in [3.8, 4) is 22.8 Å². The van der Waals surface area contributed by atoms with E-state index in [1.165, 1.54) is 0 Å². The second kappa shape index (κ2) is 7.04. The molecule has 0 fully saturated rings. The van der Waals surface area contributed by atoms with E-state index in [-0.39, 0.29) is 5.69 Å². The smallest absolute Gasteiger partial charge is 0.271 e. The number of hydrogen-bond donors (Lipinski definition) is 2. The van der Waals surface area contributed by atoms with Gasteiger partial charge in [-0.25, -0.2) is 0 Å². The molecule has 1 amide bonds. The number of para-hydroxylation sites is 1. The number of primary amides is 1. The first-order valence-electron chi connectivity index (χ1n) is 7.66. The Morgan fingerprint density at radius 1 is 1.16 bits per heavy atom. The summed E-state index contributed by atoms with van der Waals surface area (Å²) in [4.78, 5) is 11.5. The lowest BCUT2D eigenvalue weighted by Gasteiger charge is -2.13. The van der Waals surface area contributed by atoms with E-state index in [4.69, 9.17) is 15.2 Å². The summed E-state index contributed by atoms with van der Waals surface area (Å²) in [5.74, 6) is 0.841. The Labute approximate surface area is 144 Å². The summed E-state index contributed by atoms with van der Waals surface area (Å²) in [5, 5.41) is 10.2. The number of nitrogens with two attached hydrogens (primary N) is 1. The zero-order valence-electron chi connectivity index (χ0n) is 13.9. The molecule has 0 aliphatic heterocycles. The minimum absolute atomic E-state index is 0.0935. The predicted octanol–water partition coefficient (Wildman–Crippen LogP) is 2.47. The molecule has 0 saturated heterocycles. The van der Waals surface area contributed by atoms with E-state index in [2.05, 4.69) is 15.4 Å². The molecular weight excluding hydrogens is 320 g/mol. The molecule has 0 aliphatic rings. The third kappa shape index (κ3) is 3.45. The molecule has 128 valence electrons. The highest BCUT2D eigenvalue weighted by Crippen LogP contribution is 2.28. The maximum Gasteiger partial charge on any atom is 0.271 e. The van der Waals surface area contributed by atoms with Crippen LogP contribution in [0.3, 0.4) is 0 Å². The standard InChI is InChI=1S/C18H18N4O3/c1-11-5-3-4-6-14(11)25-10-13-9-12(7-8-15(13)24-2)16-17(18(19)23)21-22-20-16/h3-9H,10H2,1-2H3,(H2,19,23)(H,20,21,22). The van der Waals surface area contributed by atoms with Gasteiger partial charge in [-0.2, -0.15) is 15.4 Å². The van der Waals surface area contributed by atoms with E-state index >= 15 is 0 Å². The Balaban J connectivity index is 1.91. The van der Waals surface area contributed by atoms with Gasteiger partial charge in [-0.05, 0) is 36.8 Å². The zero-order chi connectivity index (χ0) is 17.8. The van der Waals surface area contributed by atoms with Crippen LogP contribution in [0.25, 0.3) is 11.3 Å². The van der Waals surface area contributed by atoms with Gasteiger partial charge in [0.25, 0.3) is 5.91 Å². The highest BCUT2D eigenvalue weighted by Gasteiger charge is 2.17. The van der Waals surface area contributed by atoms with Crippen LogP contribution in [0, 0.1) is 6.92 Å². The first-order valence-corrected chi connectivity index (χ1v) is 7.66. The van der Waals surface area contributed by atoms with Crippen molar-refractivity contribution < 1.29 is 14.3 Å². The second-order valence-corrected chi connectivity index (χ2v) is 5.47. The number of nitrogens with one attached hydrogen (secondary N) is 1. The summed E-state index contributed by atoms with van der Waals surface area (Å²) < 4.78 is 11.3. The molecule has 3 rings (SSSR count). The Morgan fingerprint density at radius 2 is 1.96 bits per heavy atom. The summed E-state index contributed by atoms with van der Waals surface area (Å²) in [6, 6.07) is 13.2. The summed E-state index contributed by atoms with van der Waals surface area (Å²) in [7, 11) is 1.59. The summed E-state index contributed by atoms with van der Waals surface area (Å²) in [5.41, 5.74) is 8.39. The van der Waals surface area contributed by atoms with Crippen LogP contribution in [-0.4, -0.2) is 28.4 Å². The number of H-pyrrole nitrogens is 1. The molecule has 1 heterocycles. The van der Waals surface area contributed by atoms with Crippen LogP contribution in [-0.2, 0) is 6.61 Å². The van der Waals surface area contributed by atoms with E-state index < -0.39 is 5.91 Å². The summed E-state index contributed by atoms with van der Waals surface area (Å²) >= 11 is 0. The van der Waals surface area contributed by atoms with Crippen molar-refractivity contribution >= 4 is 5.91 Å². The van der Waals surface area contributed by atoms with E-state index in [1.54, 1.807) is 19.2 Å². The number of nitrogens with zero attached hydrogens (tertiary/aromatic N) is 2. The number of hydrogen-bond acceptors (Lipinski definition) is 5. The molecule has 0 radical (unpaired) electrons. The molecule has 3 aromatic rings. The van der Waals surface area contributed by atoms with Gasteiger partial charge < -0.3 is 15.2 Å². The predicted molar refractivity (Wildman–Crippen MR) is 92.4 cm³/mol. The normalized spacial score (nSPS) is 10.5.